The number of morpholine rings is 1. The Labute approximate surface area is 155 Å². The maximum Gasteiger partial charge on any atom is 0.263 e. The van der Waals surface area contributed by atoms with Crippen LogP contribution in [0.2, 0.25) is 0 Å². The zero-order chi connectivity index (χ0) is 18.5. The standard InChI is InChI=1S/C18H23N5O2S/c1-11-8-22(9-14(25-11)12-5-6-26-10-12)17-20-15-13(16(24)21-17)7-19-23(15)18(2,3)4/h5-7,10-11,14H,8-9H2,1-4H3,(H,20,21,24). The van der Waals surface area contributed by atoms with E-state index in [4.69, 9.17) is 9.72 Å². The smallest absolute Gasteiger partial charge is 0.263 e. The van der Waals surface area contributed by atoms with Gasteiger partial charge in [-0.15, -0.1) is 0 Å². The van der Waals surface area contributed by atoms with Gasteiger partial charge in [-0.05, 0) is 50.1 Å². The first kappa shape index (κ1) is 17.2. The van der Waals surface area contributed by atoms with Crippen molar-refractivity contribution < 1.29 is 4.74 Å². The second-order valence-corrected chi connectivity index (χ2v) is 8.53. The summed E-state index contributed by atoms with van der Waals surface area (Å²) in [5.74, 6) is 0.573. The maximum absolute atomic E-state index is 12.6. The van der Waals surface area contributed by atoms with Gasteiger partial charge in [-0.1, -0.05) is 0 Å². The third kappa shape index (κ3) is 3.03. The van der Waals surface area contributed by atoms with E-state index in [1.165, 1.54) is 0 Å². The largest absolute Gasteiger partial charge is 0.367 e. The summed E-state index contributed by atoms with van der Waals surface area (Å²) in [6.07, 6.45) is 1.60. The number of hydrogen-bond acceptors (Lipinski definition) is 6. The summed E-state index contributed by atoms with van der Waals surface area (Å²) >= 11 is 1.66. The predicted octanol–water partition coefficient (Wildman–Crippen LogP) is 2.90. The number of ether oxygens (including phenoxy) is 1. The lowest BCUT2D eigenvalue weighted by Crippen LogP contribution is -2.44. The molecule has 1 fully saturated rings. The fraction of sp³-hybridized carbons (Fsp3) is 0.500. The van der Waals surface area contributed by atoms with Crippen LogP contribution >= 0.6 is 11.3 Å². The molecule has 0 spiro atoms. The van der Waals surface area contributed by atoms with Crippen molar-refractivity contribution in [3.63, 3.8) is 0 Å². The molecule has 7 nitrogen and oxygen atoms in total. The summed E-state index contributed by atoms with van der Waals surface area (Å²) in [5.41, 5.74) is 1.36. The van der Waals surface area contributed by atoms with Crippen molar-refractivity contribution in [3.8, 4) is 0 Å². The average molecular weight is 373 g/mol. The molecule has 138 valence electrons. The van der Waals surface area contributed by atoms with E-state index in [9.17, 15) is 4.79 Å². The molecular formula is C18H23N5O2S. The minimum Gasteiger partial charge on any atom is -0.367 e. The molecule has 3 aromatic heterocycles. The number of H-pyrrole nitrogens is 1. The van der Waals surface area contributed by atoms with Crippen molar-refractivity contribution in [2.75, 3.05) is 18.0 Å². The van der Waals surface area contributed by atoms with E-state index >= 15 is 0 Å². The number of nitrogens with one attached hydrogen (secondary N) is 1. The maximum atomic E-state index is 12.6. The van der Waals surface area contributed by atoms with E-state index in [1.807, 2.05) is 27.7 Å². The fourth-order valence-corrected chi connectivity index (χ4v) is 4.02. The van der Waals surface area contributed by atoms with Crippen LogP contribution < -0.4 is 10.5 Å². The molecule has 1 N–H and O–H groups in total. The van der Waals surface area contributed by atoms with Crippen LogP contribution in [0, 0.1) is 0 Å². The van der Waals surface area contributed by atoms with E-state index in [0.29, 0.717) is 30.1 Å². The minimum atomic E-state index is -0.253. The van der Waals surface area contributed by atoms with E-state index in [1.54, 1.807) is 22.2 Å². The molecule has 0 bridgehead atoms. The third-order valence-electron chi connectivity index (χ3n) is 4.54. The zero-order valence-electron chi connectivity index (χ0n) is 15.4. The van der Waals surface area contributed by atoms with Gasteiger partial charge in [0.05, 0.1) is 24.4 Å². The van der Waals surface area contributed by atoms with Crippen LogP contribution in [0.15, 0.2) is 27.8 Å². The van der Waals surface area contributed by atoms with E-state index in [2.05, 4.69) is 31.8 Å². The van der Waals surface area contributed by atoms with Gasteiger partial charge in [0.2, 0.25) is 5.95 Å². The van der Waals surface area contributed by atoms with Gasteiger partial charge in [-0.2, -0.15) is 21.4 Å². The molecule has 0 aliphatic carbocycles. The molecule has 0 radical (unpaired) electrons. The lowest BCUT2D eigenvalue weighted by molar-refractivity contribution is -0.0176. The second kappa shape index (κ2) is 6.21. The third-order valence-corrected chi connectivity index (χ3v) is 5.24. The minimum absolute atomic E-state index is 0.0291. The van der Waals surface area contributed by atoms with Gasteiger partial charge in [-0.3, -0.25) is 9.78 Å². The Morgan fingerprint density at radius 2 is 2.15 bits per heavy atom. The Balaban J connectivity index is 1.75. The van der Waals surface area contributed by atoms with Crippen molar-refractivity contribution in [1.82, 2.24) is 19.7 Å². The number of nitrogens with zero attached hydrogens (tertiary/aromatic N) is 4. The highest BCUT2D eigenvalue weighted by Gasteiger charge is 2.29. The van der Waals surface area contributed by atoms with Gasteiger partial charge in [-0.25, -0.2) is 4.68 Å². The number of fused-ring (bicyclic) bond motifs is 1. The fourth-order valence-electron chi connectivity index (χ4n) is 3.31. The molecule has 1 saturated heterocycles. The molecule has 8 heteroatoms. The van der Waals surface area contributed by atoms with Crippen molar-refractivity contribution in [3.05, 3.63) is 38.9 Å². The Bertz CT molecular complexity index is 970. The molecule has 0 saturated carbocycles. The topological polar surface area (TPSA) is 76.0 Å². The lowest BCUT2D eigenvalue weighted by atomic mass is 10.1. The van der Waals surface area contributed by atoms with Gasteiger partial charge >= 0.3 is 0 Å². The molecule has 2 unspecified atom stereocenters. The van der Waals surface area contributed by atoms with E-state index in [-0.39, 0.29) is 23.3 Å². The van der Waals surface area contributed by atoms with Gasteiger partial charge < -0.3 is 9.64 Å². The molecular weight excluding hydrogens is 350 g/mol. The summed E-state index contributed by atoms with van der Waals surface area (Å²) in [7, 11) is 0. The number of anilines is 1. The van der Waals surface area contributed by atoms with Crippen LogP contribution in [0.5, 0.6) is 0 Å². The average Bonchev–Trinajstić information content (AvgIpc) is 3.23. The molecule has 4 heterocycles. The van der Waals surface area contributed by atoms with Gasteiger partial charge in [0, 0.05) is 6.54 Å². The van der Waals surface area contributed by atoms with Crippen molar-refractivity contribution >= 4 is 28.3 Å². The van der Waals surface area contributed by atoms with Crippen LogP contribution in [0.3, 0.4) is 0 Å². The molecule has 4 rings (SSSR count). The monoisotopic (exact) mass is 373 g/mol. The zero-order valence-corrected chi connectivity index (χ0v) is 16.2. The molecule has 3 aromatic rings. The highest BCUT2D eigenvalue weighted by molar-refractivity contribution is 7.07. The SMILES string of the molecule is CC1CN(c2nc3c(cnn3C(C)(C)C)c(=O)[nH]2)CC(c2ccsc2)O1. The molecule has 2 atom stereocenters. The van der Waals surface area contributed by atoms with Crippen LogP contribution in [0.4, 0.5) is 5.95 Å². The quantitative estimate of drug-likeness (QED) is 0.747. The van der Waals surface area contributed by atoms with Gasteiger partial charge in [0.15, 0.2) is 5.65 Å². The Morgan fingerprint density at radius 3 is 2.85 bits per heavy atom. The van der Waals surface area contributed by atoms with Crippen LogP contribution in [0.25, 0.3) is 11.0 Å². The van der Waals surface area contributed by atoms with E-state index in [0.717, 1.165) is 5.56 Å². The molecule has 1 aliphatic heterocycles. The van der Waals surface area contributed by atoms with Gasteiger partial charge in [0.25, 0.3) is 5.56 Å². The lowest BCUT2D eigenvalue weighted by Gasteiger charge is -2.37. The van der Waals surface area contributed by atoms with Crippen molar-refractivity contribution in [2.45, 2.75) is 45.4 Å². The summed E-state index contributed by atoms with van der Waals surface area (Å²) in [4.78, 5) is 22.3. The predicted molar refractivity (Wildman–Crippen MR) is 103 cm³/mol. The number of aromatic nitrogens is 4. The first-order valence-electron chi connectivity index (χ1n) is 8.74. The second-order valence-electron chi connectivity index (χ2n) is 7.75. The normalized spacial score (nSPS) is 21.5. The molecule has 0 aromatic carbocycles. The Kier molecular flexibility index (Phi) is 4.11. The van der Waals surface area contributed by atoms with Crippen LogP contribution in [-0.2, 0) is 10.3 Å². The highest BCUT2D eigenvalue weighted by atomic mass is 32.1. The number of thiophene rings is 1. The van der Waals surface area contributed by atoms with Crippen molar-refractivity contribution in [1.29, 1.82) is 0 Å². The molecule has 0 amide bonds. The Hall–Kier alpha value is -2.19. The van der Waals surface area contributed by atoms with Gasteiger partial charge in [0.1, 0.15) is 11.5 Å². The number of aromatic amines is 1. The van der Waals surface area contributed by atoms with Crippen molar-refractivity contribution in [2.24, 2.45) is 0 Å². The summed E-state index contributed by atoms with van der Waals surface area (Å²) in [6, 6.07) is 2.08. The molecule has 1 aliphatic rings. The summed E-state index contributed by atoms with van der Waals surface area (Å²) < 4.78 is 7.90. The first-order chi connectivity index (χ1) is 12.3. The molecule has 26 heavy (non-hydrogen) atoms. The number of rotatable bonds is 2. The summed E-state index contributed by atoms with van der Waals surface area (Å²) in [5, 5.41) is 9.05. The highest BCUT2D eigenvalue weighted by Crippen LogP contribution is 2.29. The van der Waals surface area contributed by atoms with Crippen LogP contribution in [0.1, 0.15) is 39.4 Å². The first-order valence-corrected chi connectivity index (χ1v) is 9.68. The Morgan fingerprint density at radius 1 is 1.35 bits per heavy atom. The summed E-state index contributed by atoms with van der Waals surface area (Å²) in [6.45, 7) is 9.52. The number of hydrogen-bond donors (Lipinski definition) is 1. The van der Waals surface area contributed by atoms with E-state index < -0.39 is 0 Å². The van der Waals surface area contributed by atoms with Crippen LogP contribution in [-0.4, -0.2) is 38.9 Å².